The molecule has 1 aromatic heterocycles. The standard InChI is InChI=1S/C23H28N2O3/c1-16(2)11-22(27)20-7-4-10-25(14-20)23(28)19-8-9-21(24-13-19)18-6-3-5-17(12-18)15-26/h3,5-6,8-9,12-13,16,20,26H,4,7,10-11,14-15H2,1-2H3. The number of aliphatic hydroxyl groups is 1. The van der Waals surface area contributed by atoms with Crippen molar-refractivity contribution in [3.05, 3.63) is 53.7 Å². The van der Waals surface area contributed by atoms with E-state index < -0.39 is 0 Å². The van der Waals surface area contributed by atoms with Gasteiger partial charge in [-0.25, -0.2) is 0 Å². The molecule has 0 spiro atoms. The summed E-state index contributed by atoms with van der Waals surface area (Å²) < 4.78 is 0. The topological polar surface area (TPSA) is 70.5 Å². The van der Waals surface area contributed by atoms with Crippen molar-refractivity contribution in [3.8, 4) is 11.3 Å². The molecule has 3 rings (SSSR count). The fraction of sp³-hybridized carbons (Fsp3) is 0.435. The fourth-order valence-electron chi connectivity index (χ4n) is 3.70. The van der Waals surface area contributed by atoms with Gasteiger partial charge in [-0.15, -0.1) is 0 Å². The summed E-state index contributed by atoms with van der Waals surface area (Å²) in [6.45, 7) is 5.27. The molecule has 2 aromatic rings. The van der Waals surface area contributed by atoms with Gasteiger partial charge in [-0.3, -0.25) is 14.6 Å². The van der Waals surface area contributed by atoms with Gasteiger partial charge in [0, 0.05) is 37.2 Å². The number of ketones is 1. The molecule has 28 heavy (non-hydrogen) atoms. The Bertz CT molecular complexity index is 830. The summed E-state index contributed by atoms with van der Waals surface area (Å²) >= 11 is 0. The van der Waals surface area contributed by atoms with E-state index in [1.54, 1.807) is 17.2 Å². The lowest BCUT2D eigenvalue weighted by Crippen LogP contribution is -2.42. The van der Waals surface area contributed by atoms with Crippen LogP contribution in [-0.4, -0.2) is 39.8 Å². The molecule has 0 aliphatic carbocycles. The molecule has 1 N–H and O–H groups in total. The van der Waals surface area contributed by atoms with Crippen molar-refractivity contribution in [1.82, 2.24) is 9.88 Å². The quantitative estimate of drug-likeness (QED) is 0.829. The molecule has 1 atom stereocenters. The van der Waals surface area contributed by atoms with E-state index in [1.165, 1.54) is 0 Å². The van der Waals surface area contributed by atoms with E-state index in [0.29, 0.717) is 31.0 Å². The minimum absolute atomic E-state index is 0.0178. The highest BCUT2D eigenvalue weighted by Crippen LogP contribution is 2.23. The lowest BCUT2D eigenvalue weighted by Gasteiger charge is -2.32. The minimum Gasteiger partial charge on any atom is -0.392 e. The number of carbonyl (C=O) groups is 2. The number of carbonyl (C=O) groups excluding carboxylic acids is 2. The fourth-order valence-corrected chi connectivity index (χ4v) is 3.70. The van der Waals surface area contributed by atoms with Crippen LogP contribution in [0.2, 0.25) is 0 Å². The Morgan fingerprint density at radius 1 is 1.25 bits per heavy atom. The Hall–Kier alpha value is -2.53. The molecule has 148 valence electrons. The van der Waals surface area contributed by atoms with Crippen LogP contribution in [0.4, 0.5) is 0 Å². The Morgan fingerprint density at radius 3 is 2.75 bits per heavy atom. The van der Waals surface area contributed by atoms with Gasteiger partial charge in [-0.1, -0.05) is 32.0 Å². The summed E-state index contributed by atoms with van der Waals surface area (Å²) in [5, 5.41) is 9.28. The first-order chi connectivity index (χ1) is 13.5. The second-order valence-corrected chi connectivity index (χ2v) is 7.95. The van der Waals surface area contributed by atoms with E-state index in [0.717, 1.165) is 29.7 Å². The molecule has 5 heteroatoms. The molecule has 0 bridgehead atoms. The monoisotopic (exact) mass is 380 g/mol. The van der Waals surface area contributed by atoms with Gasteiger partial charge in [0.25, 0.3) is 5.91 Å². The predicted molar refractivity (Wildman–Crippen MR) is 109 cm³/mol. The van der Waals surface area contributed by atoms with Crippen LogP contribution in [0, 0.1) is 11.8 Å². The van der Waals surface area contributed by atoms with Gasteiger partial charge in [0.2, 0.25) is 0 Å². The molecule has 1 aliphatic heterocycles. The average Bonchev–Trinajstić information content (AvgIpc) is 2.73. The maximum Gasteiger partial charge on any atom is 0.255 e. The zero-order valence-corrected chi connectivity index (χ0v) is 16.6. The molecule has 0 radical (unpaired) electrons. The molecule has 1 aliphatic rings. The lowest BCUT2D eigenvalue weighted by atomic mass is 9.89. The van der Waals surface area contributed by atoms with E-state index in [2.05, 4.69) is 4.98 Å². The first kappa shape index (κ1) is 20.2. The Kier molecular flexibility index (Phi) is 6.57. The summed E-state index contributed by atoms with van der Waals surface area (Å²) in [6, 6.07) is 11.2. The van der Waals surface area contributed by atoms with Gasteiger partial charge >= 0.3 is 0 Å². The maximum absolute atomic E-state index is 12.9. The van der Waals surface area contributed by atoms with Crippen LogP contribution in [0.15, 0.2) is 42.6 Å². The third-order valence-electron chi connectivity index (χ3n) is 5.19. The van der Waals surface area contributed by atoms with E-state index in [-0.39, 0.29) is 24.2 Å². The number of amides is 1. The smallest absolute Gasteiger partial charge is 0.255 e. The van der Waals surface area contributed by atoms with Crippen molar-refractivity contribution in [1.29, 1.82) is 0 Å². The summed E-state index contributed by atoms with van der Waals surface area (Å²) in [4.78, 5) is 31.5. The molecule has 0 saturated carbocycles. The molecule has 1 aromatic carbocycles. The van der Waals surface area contributed by atoms with Crippen LogP contribution in [0.3, 0.4) is 0 Å². The van der Waals surface area contributed by atoms with Crippen LogP contribution in [0.5, 0.6) is 0 Å². The largest absolute Gasteiger partial charge is 0.392 e. The highest BCUT2D eigenvalue weighted by Gasteiger charge is 2.29. The number of nitrogens with zero attached hydrogens (tertiary/aromatic N) is 2. The summed E-state index contributed by atoms with van der Waals surface area (Å²) in [6.07, 6.45) is 3.91. The Labute approximate surface area is 166 Å². The third kappa shape index (κ3) is 4.84. The van der Waals surface area contributed by atoms with Gasteiger partial charge in [0.05, 0.1) is 17.9 Å². The molecule has 1 saturated heterocycles. The van der Waals surface area contributed by atoms with Gasteiger partial charge in [-0.2, -0.15) is 0 Å². The number of likely N-dealkylation sites (tertiary alicyclic amines) is 1. The van der Waals surface area contributed by atoms with Crippen LogP contribution in [0.1, 0.15) is 49.0 Å². The number of rotatable bonds is 6. The zero-order valence-electron chi connectivity index (χ0n) is 16.6. The number of Topliss-reactive ketones (excluding diaryl/α,β-unsaturated/α-hetero) is 1. The third-order valence-corrected chi connectivity index (χ3v) is 5.19. The molecule has 2 heterocycles. The lowest BCUT2D eigenvalue weighted by molar-refractivity contribution is -0.124. The Balaban J connectivity index is 1.69. The van der Waals surface area contributed by atoms with Gasteiger partial charge in [0.15, 0.2) is 0 Å². The average molecular weight is 380 g/mol. The zero-order chi connectivity index (χ0) is 20.1. The van der Waals surface area contributed by atoms with Crippen LogP contribution in [-0.2, 0) is 11.4 Å². The number of pyridine rings is 1. The van der Waals surface area contributed by atoms with Crippen molar-refractivity contribution < 1.29 is 14.7 Å². The first-order valence-electron chi connectivity index (χ1n) is 9.96. The Morgan fingerprint density at radius 2 is 2.07 bits per heavy atom. The van der Waals surface area contributed by atoms with Crippen molar-refractivity contribution in [2.24, 2.45) is 11.8 Å². The molecule has 1 fully saturated rings. The summed E-state index contributed by atoms with van der Waals surface area (Å²) in [7, 11) is 0. The highest BCUT2D eigenvalue weighted by atomic mass is 16.3. The molecule has 5 nitrogen and oxygen atoms in total. The predicted octanol–water partition coefficient (Wildman–Crippen LogP) is 3.71. The van der Waals surface area contributed by atoms with E-state index in [1.807, 2.05) is 44.2 Å². The van der Waals surface area contributed by atoms with Gasteiger partial charge < -0.3 is 10.0 Å². The molecular formula is C23H28N2O3. The number of aromatic nitrogens is 1. The van der Waals surface area contributed by atoms with E-state index >= 15 is 0 Å². The van der Waals surface area contributed by atoms with Crippen molar-refractivity contribution in [2.75, 3.05) is 13.1 Å². The van der Waals surface area contributed by atoms with Crippen molar-refractivity contribution in [3.63, 3.8) is 0 Å². The maximum atomic E-state index is 12.9. The van der Waals surface area contributed by atoms with E-state index in [9.17, 15) is 14.7 Å². The van der Waals surface area contributed by atoms with E-state index in [4.69, 9.17) is 0 Å². The molecule has 1 unspecified atom stereocenters. The van der Waals surface area contributed by atoms with Crippen molar-refractivity contribution >= 4 is 11.7 Å². The van der Waals surface area contributed by atoms with Crippen LogP contribution >= 0.6 is 0 Å². The molecular weight excluding hydrogens is 352 g/mol. The number of benzene rings is 1. The summed E-state index contributed by atoms with van der Waals surface area (Å²) in [5.41, 5.74) is 3.03. The second kappa shape index (κ2) is 9.11. The molecule has 1 amide bonds. The number of hydrogen-bond acceptors (Lipinski definition) is 4. The number of piperidine rings is 1. The van der Waals surface area contributed by atoms with Gasteiger partial charge in [0.1, 0.15) is 5.78 Å². The van der Waals surface area contributed by atoms with Crippen LogP contribution < -0.4 is 0 Å². The normalized spacial score (nSPS) is 17.0. The number of aliphatic hydroxyl groups excluding tert-OH is 1. The number of hydrogen-bond donors (Lipinski definition) is 1. The SMILES string of the molecule is CC(C)CC(=O)C1CCCN(C(=O)c2ccc(-c3cccc(CO)c3)nc2)C1. The van der Waals surface area contributed by atoms with Crippen molar-refractivity contribution in [2.45, 2.75) is 39.7 Å². The summed E-state index contributed by atoms with van der Waals surface area (Å²) in [5.74, 6) is 0.503. The van der Waals surface area contributed by atoms with Gasteiger partial charge in [-0.05, 0) is 42.5 Å². The first-order valence-corrected chi connectivity index (χ1v) is 9.96. The minimum atomic E-state index is -0.0646. The second-order valence-electron chi connectivity index (χ2n) is 7.95. The van der Waals surface area contributed by atoms with Crippen LogP contribution in [0.25, 0.3) is 11.3 Å². The highest BCUT2D eigenvalue weighted by molar-refractivity contribution is 5.94.